The number of hydrogen-bond donors (Lipinski definition) is 0. The zero-order valence-electron chi connectivity index (χ0n) is 11.8. The van der Waals surface area contributed by atoms with E-state index in [0.29, 0.717) is 11.4 Å². The Morgan fingerprint density at radius 2 is 1.62 bits per heavy atom. The van der Waals surface area contributed by atoms with Gasteiger partial charge in [-0.05, 0) is 50.2 Å². The first-order valence-electron chi connectivity index (χ1n) is 6.61. The van der Waals surface area contributed by atoms with E-state index < -0.39 is 0 Å². The summed E-state index contributed by atoms with van der Waals surface area (Å²) >= 11 is 0. The van der Waals surface area contributed by atoms with Crippen molar-refractivity contribution in [3.8, 4) is 11.4 Å². The minimum atomic E-state index is -0.302. The van der Waals surface area contributed by atoms with E-state index in [9.17, 15) is 8.78 Å². The summed E-state index contributed by atoms with van der Waals surface area (Å²) in [5.41, 5.74) is 3.21. The lowest BCUT2D eigenvalue weighted by Gasteiger charge is -2.03. The van der Waals surface area contributed by atoms with Crippen molar-refractivity contribution in [1.29, 1.82) is 0 Å². The second-order valence-corrected chi connectivity index (χ2v) is 4.90. The number of rotatable bonds is 2. The summed E-state index contributed by atoms with van der Waals surface area (Å²) < 4.78 is 30.3. The third-order valence-corrected chi connectivity index (χ3v) is 3.53. The first kappa shape index (κ1) is 13.5. The minimum absolute atomic E-state index is 0.302. The van der Waals surface area contributed by atoms with Gasteiger partial charge in [0.05, 0.1) is 22.8 Å². The van der Waals surface area contributed by atoms with Gasteiger partial charge < -0.3 is 0 Å². The number of hydrogen-bond acceptors (Lipinski definition) is 0. The molecule has 2 aromatic carbocycles. The average molecular weight is 284 g/mol. The molecule has 0 unspecified atom stereocenters. The van der Waals surface area contributed by atoms with E-state index >= 15 is 0 Å². The van der Waals surface area contributed by atoms with E-state index in [1.165, 1.54) is 24.3 Å². The number of nitrogens with zero attached hydrogens (tertiary/aromatic N) is 2. The molecule has 3 rings (SSSR count). The maximum atomic E-state index is 13.4. The quantitative estimate of drug-likeness (QED) is 0.503. The molecular weight excluding hydrogens is 270 g/mol. The Hall–Kier alpha value is -2.49. The molecule has 0 radical (unpaired) electrons. The van der Waals surface area contributed by atoms with Crippen molar-refractivity contribution in [3.05, 3.63) is 77.9 Å². The summed E-state index contributed by atoms with van der Waals surface area (Å²) in [6.07, 6.45) is 3.14. The molecule has 0 bridgehead atoms. The van der Waals surface area contributed by atoms with E-state index in [4.69, 9.17) is 0 Å². The molecule has 0 fully saturated rings. The Labute approximate surface area is 121 Å². The lowest BCUT2D eigenvalue weighted by Crippen LogP contribution is -2.32. The molecule has 0 amide bonds. The summed E-state index contributed by atoms with van der Waals surface area (Å²) in [5.74, 6) is -0.604. The molecule has 0 aliphatic heterocycles. The second-order valence-electron chi connectivity index (χ2n) is 4.90. The van der Waals surface area contributed by atoms with Gasteiger partial charge in [-0.1, -0.05) is 12.1 Å². The highest BCUT2D eigenvalue weighted by atomic mass is 19.1. The zero-order chi connectivity index (χ0) is 15.0. The first-order chi connectivity index (χ1) is 10.1. The molecule has 3 aromatic rings. The molecule has 1 aromatic heterocycles. The fourth-order valence-corrected chi connectivity index (χ4v) is 2.31. The van der Waals surface area contributed by atoms with Gasteiger partial charge in [-0.15, -0.1) is 0 Å². The van der Waals surface area contributed by atoms with E-state index in [2.05, 4.69) is 6.33 Å². The van der Waals surface area contributed by atoms with Crippen LogP contribution >= 0.6 is 0 Å². The average Bonchev–Trinajstić information content (AvgIpc) is 2.75. The van der Waals surface area contributed by atoms with Crippen molar-refractivity contribution in [2.45, 2.75) is 13.8 Å². The van der Waals surface area contributed by atoms with Crippen LogP contribution < -0.4 is 4.57 Å². The van der Waals surface area contributed by atoms with Crippen LogP contribution in [0.25, 0.3) is 11.4 Å². The molecule has 0 saturated carbocycles. The van der Waals surface area contributed by atoms with Crippen LogP contribution in [0.5, 0.6) is 0 Å². The summed E-state index contributed by atoms with van der Waals surface area (Å²) in [5, 5.41) is 0. The number of imidazole rings is 1. The maximum absolute atomic E-state index is 13.4. The SMILES string of the molecule is Cc1c(C)[n+](-c2cccc(F)c2)[c-]n1-c1cccc(F)c1. The maximum Gasteiger partial charge on any atom is 0.269 e. The predicted molar refractivity (Wildman–Crippen MR) is 75.5 cm³/mol. The second kappa shape index (κ2) is 5.13. The fraction of sp³-hybridized carbons (Fsp3) is 0.118. The highest BCUT2D eigenvalue weighted by Crippen LogP contribution is 2.15. The van der Waals surface area contributed by atoms with Crippen LogP contribution in [0.3, 0.4) is 0 Å². The molecule has 21 heavy (non-hydrogen) atoms. The molecule has 4 heteroatoms. The molecule has 0 aliphatic carbocycles. The largest absolute Gasteiger partial charge is 0.296 e. The molecule has 0 N–H and O–H groups in total. The lowest BCUT2D eigenvalue weighted by atomic mass is 10.3. The number of halogens is 2. The van der Waals surface area contributed by atoms with Crippen molar-refractivity contribution in [2.24, 2.45) is 0 Å². The van der Waals surface area contributed by atoms with Gasteiger partial charge in [0.15, 0.2) is 0 Å². The molecular formula is C17H14F2N2. The monoisotopic (exact) mass is 284 g/mol. The molecule has 1 heterocycles. The molecule has 0 atom stereocenters. The van der Waals surface area contributed by atoms with Crippen LogP contribution in [-0.4, -0.2) is 4.57 Å². The van der Waals surface area contributed by atoms with Gasteiger partial charge >= 0.3 is 0 Å². The van der Waals surface area contributed by atoms with Crippen molar-refractivity contribution in [3.63, 3.8) is 0 Å². The normalized spacial score (nSPS) is 10.9. The molecule has 2 nitrogen and oxygen atoms in total. The molecule has 106 valence electrons. The third-order valence-electron chi connectivity index (χ3n) is 3.53. The Morgan fingerprint density at radius 3 is 2.29 bits per heavy atom. The first-order valence-corrected chi connectivity index (χ1v) is 6.61. The van der Waals surface area contributed by atoms with Crippen molar-refractivity contribution in [2.75, 3.05) is 0 Å². The van der Waals surface area contributed by atoms with Gasteiger partial charge in [0.1, 0.15) is 11.6 Å². The van der Waals surface area contributed by atoms with Crippen LogP contribution in [0.4, 0.5) is 8.78 Å². The summed E-state index contributed by atoms with van der Waals surface area (Å²) in [6, 6.07) is 12.6. The van der Waals surface area contributed by atoms with E-state index in [1.54, 1.807) is 21.3 Å². The summed E-state index contributed by atoms with van der Waals surface area (Å²) in [6.45, 7) is 3.85. The van der Waals surface area contributed by atoms with E-state index in [-0.39, 0.29) is 11.6 Å². The van der Waals surface area contributed by atoms with Crippen LogP contribution in [0.15, 0.2) is 48.5 Å². The van der Waals surface area contributed by atoms with E-state index in [1.807, 2.05) is 26.0 Å². The van der Waals surface area contributed by atoms with Crippen LogP contribution in [0.1, 0.15) is 11.4 Å². The molecule has 0 spiro atoms. The van der Waals surface area contributed by atoms with E-state index in [0.717, 1.165) is 11.4 Å². The predicted octanol–water partition coefficient (Wildman–Crippen LogP) is 3.45. The molecule has 0 saturated heterocycles. The highest BCUT2D eigenvalue weighted by Gasteiger charge is 2.13. The smallest absolute Gasteiger partial charge is 0.269 e. The van der Waals surface area contributed by atoms with Crippen LogP contribution in [0.2, 0.25) is 0 Å². The van der Waals surface area contributed by atoms with Crippen LogP contribution in [-0.2, 0) is 0 Å². The van der Waals surface area contributed by atoms with Gasteiger partial charge in [-0.3, -0.25) is 9.13 Å². The summed E-state index contributed by atoms with van der Waals surface area (Å²) in [7, 11) is 0. The Balaban J connectivity index is 2.16. The van der Waals surface area contributed by atoms with Crippen molar-refractivity contribution in [1.82, 2.24) is 4.57 Å². The highest BCUT2D eigenvalue weighted by molar-refractivity contribution is 5.34. The Kier molecular flexibility index (Phi) is 3.29. The number of benzene rings is 2. The third kappa shape index (κ3) is 2.44. The van der Waals surface area contributed by atoms with Crippen molar-refractivity contribution < 1.29 is 13.3 Å². The van der Waals surface area contributed by atoms with Gasteiger partial charge in [0.2, 0.25) is 0 Å². The number of aromatic nitrogens is 2. The fourth-order valence-electron chi connectivity index (χ4n) is 2.31. The summed E-state index contributed by atoms with van der Waals surface area (Å²) in [4.78, 5) is 0. The minimum Gasteiger partial charge on any atom is -0.296 e. The lowest BCUT2D eigenvalue weighted by molar-refractivity contribution is -0.606. The topological polar surface area (TPSA) is 8.81 Å². The molecule has 0 aliphatic rings. The standard InChI is InChI=1S/C17H14F2N2/c1-12-13(2)21(17-8-4-6-15(19)10-17)11-20(12)16-7-3-5-14(18)9-16/h3-10H,1-2H3. The van der Waals surface area contributed by atoms with Gasteiger partial charge in [0, 0.05) is 0 Å². The van der Waals surface area contributed by atoms with Gasteiger partial charge in [-0.2, -0.15) is 0 Å². The van der Waals surface area contributed by atoms with Crippen LogP contribution in [0, 0.1) is 31.8 Å². The Bertz CT molecular complexity index is 740. The van der Waals surface area contributed by atoms with Crippen molar-refractivity contribution >= 4 is 0 Å². The Morgan fingerprint density at radius 1 is 0.952 bits per heavy atom. The van der Waals surface area contributed by atoms with Gasteiger partial charge in [0.25, 0.3) is 6.33 Å². The van der Waals surface area contributed by atoms with Gasteiger partial charge in [-0.25, -0.2) is 8.78 Å². The zero-order valence-corrected chi connectivity index (χ0v) is 11.8.